The Morgan fingerprint density at radius 3 is 2.54 bits per heavy atom. The molecular weight excluding hydrogens is 158 g/mol. The van der Waals surface area contributed by atoms with E-state index in [0.29, 0.717) is 0 Å². The first-order valence-corrected chi connectivity index (χ1v) is 5.90. The van der Waals surface area contributed by atoms with Crippen molar-refractivity contribution in [3.8, 4) is 0 Å². The average Bonchev–Trinajstić information content (AvgIpc) is 2.08. The van der Waals surface area contributed by atoms with Crippen molar-refractivity contribution in [2.24, 2.45) is 5.92 Å². The van der Waals surface area contributed by atoms with E-state index in [1.54, 1.807) is 0 Å². The summed E-state index contributed by atoms with van der Waals surface area (Å²) in [5, 5.41) is 0. The van der Waals surface area contributed by atoms with Gasteiger partial charge in [0.25, 0.3) is 0 Å². The van der Waals surface area contributed by atoms with Crippen molar-refractivity contribution in [3.05, 3.63) is 0 Å². The molecule has 1 heterocycles. The lowest BCUT2D eigenvalue weighted by molar-refractivity contribution is 0.0829. The maximum atomic E-state index is 2.67. The Morgan fingerprint density at radius 1 is 1.31 bits per heavy atom. The lowest BCUT2D eigenvalue weighted by Gasteiger charge is -2.40. The van der Waals surface area contributed by atoms with Crippen molar-refractivity contribution < 1.29 is 0 Å². The zero-order valence-corrected chi connectivity index (χ0v) is 9.71. The number of hydrogen-bond donors (Lipinski definition) is 0. The molecule has 13 heavy (non-hydrogen) atoms. The normalized spacial score (nSPS) is 31.2. The fourth-order valence-corrected chi connectivity index (χ4v) is 2.58. The van der Waals surface area contributed by atoms with Crippen molar-refractivity contribution in [2.45, 2.75) is 65.5 Å². The first kappa shape index (κ1) is 11.0. The summed E-state index contributed by atoms with van der Waals surface area (Å²) in [6.07, 6.45) is 5.64. The zero-order valence-electron chi connectivity index (χ0n) is 9.71. The molecule has 0 aromatic rings. The van der Waals surface area contributed by atoms with Gasteiger partial charge in [0.1, 0.15) is 0 Å². The smallest absolute Gasteiger partial charge is 0.00698 e. The summed E-state index contributed by atoms with van der Waals surface area (Å²) < 4.78 is 0. The molecule has 0 spiro atoms. The van der Waals surface area contributed by atoms with Gasteiger partial charge in [-0.3, -0.25) is 4.90 Å². The Kier molecular flexibility index (Phi) is 4.24. The summed E-state index contributed by atoms with van der Waals surface area (Å²) in [6.45, 7) is 10.7. The van der Waals surface area contributed by atoms with Crippen LogP contribution >= 0.6 is 0 Å². The number of likely N-dealkylation sites (tertiary alicyclic amines) is 1. The van der Waals surface area contributed by atoms with Gasteiger partial charge >= 0.3 is 0 Å². The van der Waals surface area contributed by atoms with Crippen molar-refractivity contribution in [1.82, 2.24) is 4.90 Å². The van der Waals surface area contributed by atoms with Crippen LogP contribution < -0.4 is 0 Å². The summed E-state index contributed by atoms with van der Waals surface area (Å²) in [5.41, 5.74) is 0. The van der Waals surface area contributed by atoms with Gasteiger partial charge in [-0.05, 0) is 46.0 Å². The molecule has 2 atom stereocenters. The van der Waals surface area contributed by atoms with Gasteiger partial charge in [0.15, 0.2) is 0 Å². The Labute approximate surface area is 83.5 Å². The molecule has 0 N–H and O–H groups in total. The van der Waals surface area contributed by atoms with E-state index >= 15 is 0 Å². The monoisotopic (exact) mass is 183 g/mol. The van der Waals surface area contributed by atoms with Crippen LogP contribution in [0.4, 0.5) is 0 Å². The minimum atomic E-state index is 0.731. The van der Waals surface area contributed by atoms with Gasteiger partial charge < -0.3 is 0 Å². The molecule has 1 heteroatoms. The third kappa shape index (κ3) is 2.98. The van der Waals surface area contributed by atoms with Crippen LogP contribution in [0, 0.1) is 5.92 Å². The highest BCUT2D eigenvalue weighted by Crippen LogP contribution is 2.26. The molecule has 1 nitrogen and oxygen atoms in total. The van der Waals surface area contributed by atoms with Crippen LogP contribution in [0.25, 0.3) is 0 Å². The van der Waals surface area contributed by atoms with Crippen LogP contribution in [-0.2, 0) is 0 Å². The van der Waals surface area contributed by atoms with E-state index in [0.717, 1.165) is 18.0 Å². The number of nitrogens with zero attached hydrogens (tertiary/aromatic N) is 1. The van der Waals surface area contributed by atoms with Crippen LogP contribution in [0.15, 0.2) is 0 Å². The maximum Gasteiger partial charge on any atom is 0.00698 e. The molecule has 1 aliphatic rings. The lowest BCUT2D eigenvalue weighted by Crippen LogP contribution is -2.45. The summed E-state index contributed by atoms with van der Waals surface area (Å²) in [7, 11) is 0. The molecule has 0 aromatic heterocycles. The van der Waals surface area contributed by atoms with Gasteiger partial charge in [-0.2, -0.15) is 0 Å². The third-order valence-electron chi connectivity index (χ3n) is 3.39. The molecule has 2 unspecified atom stereocenters. The minimum Gasteiger partial charge on any atom is -0.298 e. The largest absolute Gasteiger partial charge is 0.298 e. The number of rotatable bonds is 3. The molecule has 1 aliphatic heterocycles. The van der Waals surface area contributed by atoms with E-state index in [4.69, 9.17) is 0 Å². The standard InChI is InChI=1S/C12H25N/c1-5-6-12-8-7-11(4)13(9-12)10(2)3/h10-12H,5-9H2,1-4H3. The summed E-state index contributed by atoms with van der Waals surface area (Å²) in [4.78, 5) is 2.67. The molecule has 1 saturated heterocycles. The molecule has 0 aliphatic carbocycles. The first-order chi connectivity index (χ1) is 6.15. The van der Waals surface area contributed by atoms with Crippen molar-refractivity contribution in [1.29, 1.82) is 0 Å². The quantitative estimate of drug-likeness (QED) is 0.649. The second kappa shape index (κ2) is 4.99. The Morgan fingerprint density at radius 2 is 2.00 bits per heavy atom. The van der Waals surface area contributed by atoms with Gasteiger partial charge in [-0.1, -0.05) is 13.3 Å². The number of hydrogen-bond acceptors (Lipinski definition) is 1. The second-order valence-electron chi connectivity index (χ2n) is 4.87. The van der Waals surface area contributed by atoms with Gasteiger partial charge in [0.05, 0.1) is 0 Å². The highest BCUT2D eigenvalue weighted by atomic mass is 15.2. The molecule has 0 bridgehead atoms. The molecular formula is C12H25N. The van der Waals surface area contributed by atoms with Gasteiger partial charge in [-0.25, -0.2) is 0 Å². The predicted molar refractivity (Wildman–Crippen MR) is 58.9 cm³/mol. The summed E-state index contributed by atoms with van der Waals surface area (Å²) in [5.74, 6) is 0.976. The topological polar surface area (TPSA) is 3.24 Å². The molecule has 0 aromatic carbocycles. The fourth-order valence-electron chi connectivity index (χ4n) is 2.58. The van der Waals surface area contributed by atoms with Gasteiger partial charge in [-0.15, -0.1) is 0 Å². The first-order valence-electron chi connectivity index (χ1n) is 5.90. The Hall–Kier alpha value is -0.0400. The zero-order chi connectivity index (χ0) is 9.84. The van der Waals surface area contributed by atoms with Crippen LogP contribution in [0.1, 0.15) is 53.4 Å². The molecule has 78 valence electrons. The third-order valence-corrected chi connectivity index (χ3v) is 3.39. The van der Waals surface area contributed by atoms with Gasteiger partial charge in [0.2, 0.25) is 0 Å². The second-order valence-corrected chi connectivity index (χ2v) is 4.87. The predicted octanol–water partition coefficient (Wildman–Crippen LogP) is 3.30. The van der Waals surface area contributed by atoms with E-state index in [2.05, 4.69) is 32.6 Å². The lowest BCUT2D eigenvalue weighted by atomic mass is 9.89. The number of piperidine rings is 1. The minimum absolute atomic E-state index is 0.731. The van der Waals surface area contributed by atoms with Crippen molar-refractivity contribution in [3.63, 3.8) is 0 Å². The fraction of sp³-hybridized carbons (Fsp3) is 1.00. The Bertz CT molecular complexity index is 142. The molecule has 0 radical (unpaired) electrons. The summed E-state index contributed by atoms with van der Waals surface area (Å²) >= 11 is 0. The van der Waals surface area contributed by atoms with E-state index in [1.807, 2.05) is 0 Å². The summed E-state index contributed by atoms with van der Waals surface area (Å²) in [6, 6.07) is 1.54. The highest BCUT2D eigenvalue weighted by Gasteiger charge is 2.26. The Balaban J connectivity index is 2.43. The molecule has 0 amide bonds. The van der Waals surface area contributed by atoms with E-state index in [-0.39, 0.29) is 0 Å². The van der Waals surface area contributed by atoms with E-state index in [9.17, 15) is 0 Å². The van der Waals surface area contributed by atoms with Crippen molar-refractivity contribution in [2.75, 3.05) is 6.54 Å². The SMILES string of the molecule is CCCC1CCC(C)N(C(C)C)C1. The van der Waals surface area contributed by atoms with Gasteiger partial charge in [0, 0.05) is 18.6 Å². The van der Waals surface area contributed by atoms with E-state index < -0.39 is 0 Å². The van der Waals surface area contributed by atoms with Crippen LogP contribution in [-0.4, -0.2) is 23.5 Å². The molecule has 1 fully saturated rings. The van der Waals surface area contributed by atoms with Crippen LogP contribution in [0.2, 0.25) is 0 Å². The van der Waals surface area contributed by atoms with Crippen molar-refractivity contribution >= 4 is 0 Å². The van der Waals surface area contributed by atoms with Crippen LogP contribution in [0.5, 0.6) is 0 Å². The highest BCUT2D eigenvalue weighted by molar-refractivity contribution is 4.80. The maximum absolute atomic E-state index is 2.67. The molecule has 1 rings (SSSR count). The average molecular weight is 183 g/mol. The molecule has 0 saturated carbocycles. The van der Waals surface area contributed by atoms with E-state index in [1.165, 1.54) is 32.2 Å². The van der Waals surface area contributed by atoms with Crippen LogP contribution in [0.3, 0.4) is 0 Å².